The van der Waals surface area contributed by atoms with Gasteiger partial charge in [-0.1, -0.05) is 29.0 Å². The molecule has 29 heavy (non-hydrogen) atoms. The highest BCUT2D eigenvalue weighted by atomic mass is 32.1. The molecule has 0 unspecified atom stereocenters. The molecule has 1 amide bonds. The van der Waals surface area contributed by atoms with Crippen molar-refractivity contribution in [2.24, 2.45) is 0 Å². The Morgan fingerprint density at radius 3 is 2.62 bits per heavy atom. The van der Waals surface area contributed by atoms with Gasteiger partial charge in [0.25, 0.3) is 0 Å². The van der Waals surface area contributed by atoms with Gasteiger partial charge < -0.3 is 4.74 Å². The van der Waals surface area contributed by atoms with Gasteiger partial charge in [-0.25, -0.2) is 9.78 Å². The molecule has 0 fully saturated rings. The lowest BCUT2D eigenvalue weighted by molar-refractivity contribution is -0.380. The number of ether oxygens (including phenoxy) is 1. The Morgan fingerprint density at radius 1 is 1.24 bits per heavy atom. The molecule has 0 N–H and O–H groups in total. The molecule has 3 aromatic rings. The maximum atomic E-state index is 12.3. The van der Waals surface area contributed by atoms with Gasteiger partial charge in [0.2, 0.25) is 5.91 Å². The first-order valence-electron chi connectivity index (χ1n) is 8.50. The second-order valence-electron chi connectivity index (χ2n) is 6.24. The number of carbonyl (C=O) groups is 2. The minimum Gasteiger partial charge on any atom is -0.455 e. The van der Waals surface area contributed by atoms with Crippen LogP contribution in [0.1, 0.15) is 33.4 Å². The first-order valence-corrected chi connectivity index (χ1v) is 10.2. The van der Waals surface area contributed by atoms with Gasteiger partial charge >= 0.3 is 11.0 Å². The van der Waals surface area contributed by atoms with Crippen molar-refractivity contribution in [1.82, 2.24) is 4.98 Å². The van der Waals surface area contributed by atoms with E-state index in [0.717, 1.165) is 28.2 Å². The molecule has 0 spiro atoms. The number of thiophene rings is 1. The molecule has 0 radical (unpaired) electrons. The predicted octanol–water partition coefficient (Wildman–Crippen LogP) is 4.77. The number of aryl methyl sites for hydroxylation is 2. The number of thiazole rings is 1. The summed E-state index contributed by atoms with van der Waals surface area (Å²) in [6.07, 6.45) is 0. The van der Waals surface area contributed by atoms with Crippen molar-refractivity contribution in [1.29, 1.82) is 0 Å². The normalized spacial score (nSPS) is 10.6. The number of nitrogens with zero attached hydrogens (tertiary/aromatic N) is 3. The second-order valence-corrected chi connectivity index (χ2v) is 8.14. The topological polar surface area (TPSA) is 103 Å². The van der Waals surface area contributed by atoms with E-state index in [9.17, 15) is 19.7 Å². The van der Waals surface area contributed by atoms with Gasteiger partial charge in [-0.15, -0.1) is 11.3 Å². The number of rotatable bonds is 6. The van der Waals surface area contributed by atoms with Crippen LogP contribution in [0.3, 0.4) is 0 Å². The van der Waals surface area contributed by atoms with Crippen LogP contribution < -0.4 is 4.90 Å². The second kappa shape index (κ2) is 8.50. The van der Waals surface area contributed by atoms with Gasteiger partial charge in [0, 0.05) is 18.4 Å². The minimum absolute atomic E-state index is 0.0976. The highest BCUT2D eigenvalue weighted by Crippen LogP contribution is 2.32. The summed E-state index contributed by atoms with van der Waals surface area (Å²) in [7, 11) is 0. The summed E-state index contributed by atoms with van der Waals surface area (Å²) in [5.41, 5.74) is 3.27. The van der Waals surface area contributed by atoms with E-state index < -0.39 is 10.9 Å². The minimum atomic E-state index is -0.657. The molecular weight excluding hydrogens is 414 g/mol. The molecular formula is C19H17N3O5S2. The molecule has 1 aromatic carbocycles. The Hall–Kier alpha value is -3.11. The van der Waals surface area contributed by atoms with Gasteiger partial charge in [0.05, 0.1) is 16.3 Å². The van der Waals surface area contributed by atoms with Crippen molar-refractivity contribution in [3.8, 4) is 0 Å². The summed E-state index contributed by atoms with van der Waals surface area (Å²) in [5.74, 6) is -0.837. The zero-order valence-electron chi connectivity index (χ0n) is 15.9. The fraction of sp³-hybridized carbons (Fsp3) is 0.211. The summed E-state index contributed by atoms with van der Waals surface area (Å²) in [4.78, 5) is 40.6. The van der Waals surface area contributed by atoms with Gasteiger partial charge in [-0.3, -0.25) is 19.8 Å². The number of amides is 1. The molecule has 0 atom stereocenters. The molecule has 0 aliphatic heterocycles. The number of carbonyl (C=O) groups excluding carboxylic acids is 2. The summed E-state index contributed by atoms with van der Waals surface area (Å²) in [5, 5.41) is 12.8. The van der Waals surface area contributed by atoms with E-state index in [1.807, 2.05) is 32.0 Å². The number of benzene rings is 1. The zero-order valence-corrected chi connectivity index (χ0v) is 17.5. The molecule has 150 valence electrons. The lowest BCUT2D eigenvalue weighted by Gasteiger charge is -2.20. The third-order valence-corrected chi connectivity index (χ3v) is 5.85. The van der Waals surface area contributed by atoms with E-state index in [2.05, 4.69) is 4.98 Å². The van der Waals surface area contributed by atoms with Crippen LogP contribution in [0.5, 0.6) is 0 Å². The van der Waals surface area contributed by atoms with Gasteiger partial charge in [-0.2, -0.15) is 0 Å². The van der Waals surface area contributed by atoms with E-state index in [-0.39, 0.29) is 22.4 Å². The summed E-state index contributed by atoms with van der Waals surface area (Å²) in [6, 6.07) is 8.40. The fourth-order valence-electron chi connectivity index (χ4n) is 2.68. The molecule has 0 aliphatic rings. The zero-order chi connectivity index (χ0) is 21.1. The lowest BCUT2D eigenvalue weighted by Crippen LogP contribution is -2.23. The molecule has 8 nitrogen and oxygen atoms in total. The van der Waals surface area contributed by atoms with Crippen molar-refractivity contribution >= 4 is 50.4 Å². The first kappa shape index (κ1) is 20.6. The number of nitro groups is 1. The van der Waals surface area contributed by atoms with E-state index in [1.165, 1.54) is 35.3 Å². The molecule has 10 heteroatoms. The van der Waals surface area contributed by atoms with Crippen LogP contribution in [0, 0.1) is 24.0 Å². The smallest absolute Gasteiger partial charge is 0.348 e. The van der Waals surface area contributed by atoms with Crippen molar-refractivity contribution in [3.63, 3.8) is 0 Å². The van der Waals surface area contributed by atoms with E-state index >= 15 is 0 Å². The third-order valence-electron chi connectivity index (χ3n) is 3.96. The molecule has 3 rings (SSSR count). The van der Waals surface area contributed by atoms with E-state index in [1.54, 1.807) is 5.38 Å². The highest BCUT2D eigenvalue weighted by molar-refractivity contribution is 7.17. The maximum absolute atomic E-state index is 12.3. The van der Waals surface area contributed by atoms with Crippen LogP contribution >= 0.6 is 22.7 Å². The Kier molecular flexibility index (Phi) is 6.04. The largest absolute Gasteiger partial charge is 0.455 e. The molecule has 0 saturated heterocycles. The number of hydrogen-bond donors (Lipinski definition) is 0. The van der Waals surface area contributed by atoms with Crippen LogP contribution in [-0.2, 0) is 16.1 Å². The van der Waals surface area contributed by atoms with Crippen molar-refractivity contribution < 1.29 is 19.2 Å². The Labute approximate surface area is 174 Å². The SMILES string of the molecule is CC(=O)N(c1nc(COC(=O)c2ccc([N+](=O)[O-])s2)cs1)c1ccc(C)cc1C. The Bertz CT molecular complexity index is 1090. The molecule has 0 aliphatic carbocycles. The number of hydrogen-bond acceptors (Lipinski definition) is 8. The average molecular weight is 431 g/mol. The van der Waals surface area contributed by atoms with Gasteiger partial charge in [-0.05, 0) is 31.5 Å². The monoisotopic (exact) mass is 431 g/mol. The van der Waals surface area contributed by atoms with Crippen LogP contribution in [0.4, 0.5) is 15.8 Å². The molecule has 0 saturated carbocycles. The first-order chi connectivity index (χ1) is 13.8. The molecule has 0 bridgehead atoms. The maximum Gasteiger partial charge on any atom is 0.348 e. The Balaban J connectivity index is 1.73. The third kappa shape index (κ3) is 4.66. The number of esters is 1. The molecule has 2 aromatic heterocycles. The van der Waals surface area contributed by atoms with E-state index in [4.69, 9.17) is 4.74 Å². The quantitative estimate of drug-likeness (QED) is 0.316. The summed E-state index contributed by atoms with van der Waals surface area (Å²) in [6.45, 7) is 5.27. The van der Waals surface area contributed by atoms with Crippen molar-refractivity contribution in [2.45, 2.75) is 27.4 Å². The van der Waals surface area contributed by atoms with Crippen LogP contribution in [0.15, 0.2) is 35.7 Å². The summed E-state index contributed by atoms with van der Waals surface area (Å²) < 4.78 is 5.20. The standard InChI is InChI=1S/C19H17N3O5S2/c1-11-4-5-15(12(2)8-11)21(13(3)23)19-20-14(10-28-19)9-27-18(24)16-6-7-17(29-16)22(25)26/h4-8,10H,9H2,1-3H3. The Morgan fingerprint density at radius 2 is 2.00 bits per heavy atom. The van der Waals surface area contributed by atoms with Crippen molar-refractivity contribution in [3.05, 3.63) is 67.5 Å². The summed E-state index contributed by atoms with van der Waals surface area (Å²) >= 11 is 2.02. The van der Waals surface area contributed by atoms with E-state index in [0.29, 0.717) is 10.8 Å². The predicted molar refractivity (Wildman–Crippen MR) is 111 cm³/mol. The van der Waals surface area contributed by atoms with Crippen LogP contribution in [0.25, 0.3) is 0 Å². The van der Waals surface area contributed by atoms with Gasteiger partial charge in [0.15, 0.2) is 5.13 Å². The van der Waals surface area contributed by atoms with Gasteiger partial charge in [0.1, 0.15) is 11.5 Å². The molecule has 2 heterocycles. The highest BCUT2D eigenvalue weighted by Gasteiger charge is 2.21. The van der Waals surface area contributed by atoms with Crippen molar-refractivity contribution in [2.75, 3.05) is 4.90 Å². The average Bonchev–Trinajstić information content (AvgIpc) is 3.31. The van der Waals surface area contributed by atoms with Crippen LogP contribution in [-0.4, -0.2) is 21.8 Å². The lowest BCUT2D eigenvalue weighted by atomic mass is 10.1. The fourth-order valence-corrected chi connectivity index (χ4v) is 4.25. The van der Waals surface area contributed by atoms with Crippen LogP contribution in [0.2, 0.25) is 0 Å². The number of anilines is 2. The number of aromatic nitrogens is 1.